The first-order valence-electron chi connectivity index (χ1n) is 6.72. The SMILES string of the molecule is CSc1ccc(OCC(=O)Nc2cc(C)cc(C)c2)cc1. The average molecular weight is 301 g/mol. The fourth-order valence-corrected chi connectivity index (χ4v) is 2.47. The van der Waals surface area contributed by atoms with Crippen LogP contribution in [0, 0.1) is 13.8 Å². The quantitative estimate of drug-likeness (QED) is 0.847. The zero-order valence-corrected chi connectivity index (χ0v) is 13.3. The maximum absolute atomic E-state index is 11.9. The van der Waals surface area contributed by atoms with Gasteiger partial charge in [-0.05, 0) is 67.6 Å². The van der Waals surface area contributed by atoms with E-state index in [9.17, 15) is 4.79 Å². The highest BCUT2D eigenvalue weighted by Crippen LogP contribution is 2.19. The first-order chi connectivity index (χ1) is 10.1. The van der Waals surface area contributed by atoms with Gasteiger partial charge in [-0.1, -0.05) is 6.07 Å². The van der Waals surface area contributed by atoms with E-state index >= 15 is 0 Å². The van der Waals surface area contributed by atoms with Crippen molar-refractivity contribution < 1.29 is 9.53 Å². The van der Waals surface area contributed by atoms with E-state index in [-0.39, 0.29) is 12.5 Å². The first-order valence-corrected chi connectivity index (χ1v) is 7.94. The maximum atomic E-state index is 11.9. The molecule has 0 aromatic heterocycles. The average Bonchev–Trinajstić information content (AvgIpc) is 2.44. The van der Waals surface area contributed by atoms with Gasteiger partial charge in [-0.2, -0.15) is 0 Å². The summed E-state index contributed by atoms with van der Waals surface area (Å²) in [6.07, 6.45) is 2.02. The summed E-state index contributed by atoms with van der Waals surface area (Å²) in [6, 6.07) is 13.6. The Morgan fingerprint density at radius 3 is 2.29 bits per heavy atom. The molecule has 2 aromatic rings. The van der Waals surface area contributed by atoms with E-state index in [1.807, 2.05) is 56.5 Å². The minimum absolute atomic E-state index is 0.00556. The van der Waals surface area contributed by atoms with Crippen molar-refractivity contribution in [3.05, 3.63) is 53.6 Å². The standard InChI is InChI=1S/C17H19NO2S/c1-12-8-13(2)10-14(9-12)18-17(19)11-20-15-4-6-16(21-3)7-5-15/h4-10H,11H2,1-3H3,(H,18,19). The summed E-state index contributed by atoms with van der Waals surface area (Å²) in [5.74, 6) is 0.539. The van der Waals surface area contributed by atoms with Gasteiger partial charge in [0.1, 0.15) is 5.75 Å². The summed E-state index contributed by atoms with van der Waals surface area (Å²) in [4.78, 5) is 13.1. The Labute approximate surface area is 129 Å². The van der Waals surface area contributed by atoms with E-state index in [4.69, 9.17) is 4.74 Å². The van der Waals surface area contributed by atoms with Crippen LogP contribution >= 0.6 is 11.8 Å². The fourth-order valence-electron chi connectivity index (χ4n) is 2.06. The van der Waals surface area contributed by atoms with Crippen LogP contribution in [0.25, 0.3) is 0 Å². The lowest BCUT2D eigenvalue weighted by atomic mass is 10.1. The van der Waals surface area contributed by atoms with Crippen LogP contribution in [0.2, 0.25) is 0 Å². The van der Waals surface area contributed by atoms with E-state index in [1.165, 1.54) is 4.90 Å². The molecule has 2 rings (SSSR count). The van der Waals surface area contributed by atoms with E-state index in [1.54, 1.807) is 11.8 Å². The molecule has 0 aliphatic rings. The van der Waals surface area contributed by atoms with Gasteiger partial charge in [0.2, 0.25) is 0 Å². The van der Waals surface area contributed by atoms with E-state index in [2.05, 4.69) is 11.4 Å². The largest absolute Gasteiger partial charge is 0.484 e. The van der Waals surface area contributed by atoms with Crippen molar-refractivity contribution in [2.75, 3.05) is 18.2 Å². The number of rotatable bonds is 5. The normalized spacial score (nSPS) is 10.2. The highest BCUT2D eigenvalue weighted by Gasteiger charge is 2.05. The van der Waals surface area contributed by atoms with Crippen LogP contribution in [-0.4, -0.2) is 18.8 Å². The van der Waals surface area contributed by atoms with Gasteiger partial charge >= 0.3 is 0 Å². The summed E-state index contributed by atoms with van der Waals surface area (Å²) < 4.78 is 5.48. The van der Waals surface area contributed by atoms with E-state index in [0.717, 1.165) is 16.8 Å². The number of carbonyl (C=O) groups excluding carboxylic acids is 1. The molecule has 3 nitrogen and oxygen atoms in total. The minimum Gasteiger partial charge on any atom is -0.484 e. The van der Waals surface area contributed by atoms with Crippen LogP contribution in [0.15, 0.2) is 47.4 Å². The summed E-state index contributed by atoms with van der Waals surface area (Å²) in [5, 5.41) is 2.85. The number of ether oxygens (including phenoxy) is 1. The molecule has 0 aliphatic heterocycles. The topological polar surface area (TPSA) is 38.3 Å². The molecule has 0 bridgehead atoms. The molecule has 0 saturated carbocycles. The molecule has 21 heavy (non-hydrogen) atoms. The Bertz CT molecular complexity index is 603. The van der Waals surface area contributed by atoms with Gasteiger partial charge in [-0.3, -0.25) is 4.79 Å². The van der Waals surface area contributed by atoms with Crippen molar-refractivity contribution in [3.8, 4) is 5.75 Å². The first kappa shape index (κ1) is 15.4. The van der Waals surface area contributed by atoms with Crippen molar-refractivity contribution in [2.24, 2.45) is 0 Å². The highest BCUT2D eigenvalue weighted by atomic mass is 32.2. The van der Waals surface area contributed by atoms with E-state index < -0.39 is 0 Å². The zero-order valence-electron chi connectivity index (χ0n) is 12.5. The molecule has 0 saturated heterocycles. The number of anilines is 1. The van der Waals surface area contributed by atoms with Gasteiger partial charge in [0.15, 0.2) is 6.61 Å². The Kier molecular flexibility index (Phi) is 5.28. The van der Waals surface area contributed by atoms with Gasteiger partial charge in [-0.25, -0.2) is 0 Å². The molecule has 0 atom stereocenters. The highest BCUT2D eigenvalue weighted by molar-refractivity contribution is 7.98. The second-order valence-electron chi connectivity index (χ2n) is 4.89. The van der Waals surface area contributed by atoms with Crippen LogP contribution < -0.4 is 10.1 Å². The third kappa shape index (κ3) is 4.83. The molecule has 110 valence electrons. The summed E-state index contributed by atoms with van der Waals surface area (Å²) >= 11 is 1.67. The molecule has 0 fully saturated rings. The predicted molar refractivity (Wildman–Crippen MR) is 88.3 cm³/mol. The number of aryl methyl sites for hydroxylation is 2. The molecule has 4 heteroatoms. The van der Waals surface area contributed by atoms with Crippen LogP contribution in [0.4, 0.5) is 5.69 Å². The molecule has 2 aromatic carbocycles. The number of thioether (sulfide) groups is 1. The van der Waals surface area contributed by atoms with Crippen LogP contribution in [0.5, 0.6) is 5.75 Å². The molecule has 0 unspecified atom stereocenters. The van der Waals surface area contributed by atoms with E-state index in [0.29, 0.717) is 5.75 Å². The number of hydrogen-bond donors (Lipinski definition) is 1. The number of hydrogen-bond acceptors (Lipinski definition) is 3. The van der Waals surface area contributed by atoms with Crippen LogP contribution in [0.3, 0.4) is 0 Å². The smallest absolute Gasteiger partial charge is 0.262 e. The molecule has 0 heterocycles. The minimum atomic E-state index is -0.158. The lowest BCUT2D eigenvalue weighted by molar-refractivity contribution is -0.118. The lowest BCUT2D eigenvalue weighted by Crippen LogP contribution is -2.20. The third-order valence-electron chi connectivity index (χ3n) is 2.93. The molecule has 1 N–H and O–H groups in total. The van der Waals surface area contributed by atoms with Gasteiger partial charge in [0.25, 0.3) is 5.91 Å². The second-order valence-corrected chi connectivity index (χ2v) is 5.77. The van der Waals surface area contributed by atoms with Gasteiger partial charge in [0, 0.05) is 10.6 Å². The van der Waals surface area contributed by atoms with Gasteiger partial charge < -0.3 is 10.1 Å². The lowest BCUT2D eigenvalue weighted by Gasteiger charge is -2.09. The monoisotopic (exact) mass is 301 g/mol. The van der Waals surface area contributed by atoms with Crippen molar-refractivity contribution in [1.82, 2.24) is 0 Å². The molecule has 0 radical (unpaired) electrons. The summed E-state index contributed by atoms with van der Waals surface area (Å²) in [5.41, 5.74) is 3.05. The Morgan fingerprint density at radius 2 is 1.71 bits per heavy atom. The number of nitrogens with one attached hydrogen (secondary N) is 1. The Morgan fingerprint density at radius 1 is 1.10 bits per heavy atom. The number of amides is 1. The molecule has 1 amide bonds. The van der Waals surface area contributed by atoms with Gasteiger partial charge in [-0.15, -0.1) is 11.8 Å². The zero-order chi connectivity index (χ0) is 15.2. The number of benzene rings is 2. The fraction of sp³-hybridized carbons (Fsp3) is 0.235. The van der Waals surface area contributed by atoms with Crippen LogP contribution in [0.1, 0.15) is 11.1 Å². The Hall–Kier alpha value is -1.94. The molecule has 0 aliphatic carbocycles. The van der Waals surface area contributed by atoms with Crippen molar-refractivity contribution >= 4 is 23.4 Å². The molecular weight excluding hydrogens is 282 g/mol. The van der Waals surface area contributed by atoms with Gasteiger partial charge in [0.05, 0.1) is 0 Å². The number of carbonyl (C=O) groups is 1. The summed E-state index contributed by atoms with van der Waals surface area (Å²) in [7, 11) is 0. The molecule has 0 spiro atoms. The van der Waals surface area contributed by atoms with Crippen LogP contribution in [-0.2, 0) is 4.79 Å². The van der Waals surface area contributed by atoms with Crippen molar-refractivity contribution in [1.29, 1.82) is 0 Å². The molecular formula is C17H19NO2S. The predicted octanol–water partition coefficient (Wildman–Crippen LogP) is 4.04. The third-order valence-corrected chi connectivity index (χ3v) is 3.68. The van der Waals surface area contributed by atoms with Crippen molar-refractivity contribution in [2.45, 2.75) is 18.7 Å². The van der Waals surface area contributed by atoms with Crippen molar-refractivity contribution in [3.63, 3.8) is 0 Å². The Balaban J connectivity index is 1.89. The second kappa shape index (κ2) is 7.18. The maximum Gasteiger partial charge on any atom is 0.262 e. The summed E-state index contributed by atoms with van der Waals surface area (Å²) in [6.45, 7) is 4.02.